The summed E-state index contributed by atoms with van der Waals surface area (Å²) < 4.78 is 0. The summed E-state index contributed by atoms with van der Waals surface area (Å²) in [5, 5.41) is 8.40. The minimum absolute atomic E-state index is 0.954. The molecule has 4 aliphatic carbocycles. The van der Waals surface area contributed by atoms with Crippen molar-refractivity contribution in [3.8, 4) is 33.4 Å². The predicted octanol–water partition coefficient (Wildman–Crippen LogP) is 12.8. The Bertz CT molecular complexity index is 3120. The Kier molecular flexibility index (Phi) is 6.75. The molecule has 12 rings (SSSR count). The Labute approximate surface area is 321 Å². The maximum Gasteiger partial charge on any atom is -0.00108 e. The SMILES string of the molecule is C1=C(c2ccc3c4c2=CCCC=4c2c-3c(-c3ccccc3)c3ccccc3c2-c2ccccc2)CCC2=C1c1cccc3c(Cc4ccccc4)ccc2c13. The van der Waals surface area contributed by atoms with Crippen LogP contribution in [0, 0.1) is 0 Å². The van der Waals surface area contributed by atoms with E-state index in [4.69, 9.17) is 0 Å². The number of allylic oxidation sites excluding steroid dienone is 4. The van der Waals surface area contributed by atoms with E-state index in [0.717, 1.165) is 32.1 Å². The summed E-state index contributed by atoms with van der Waals surface area (Å²) >= 11 is 0. The minimum atomic E-state index is 0.954. The van der Waals surface area contributed by atoms with Gasteiger partial charge in [0.05, 0.1) is 0 Å². The Morgan fingerprint density at radius 1 is 0.418 bits per heavy atom. The molecule has 0 aliphatic heterocycles. The van der Waals surface area contributed by atoms with Crippen molar-refractivity contribution in [2.45, 2.75) is 32.1 Å². The molecule has 0 radical (unpaired) electrons. The third-order valence-corrected chi connectivity index (χ3v) is 12.8. The van der Waals surface area contributed by atoms with Crippen LogP contribution in [0.2, 0.25) is 0 Å². The highest BCUT2D eigenvalue weighted by Crippen LogP contribution is 2.52. The van der Waals surface area contributed by atoms with Crippen LogP contribution in [0.5, 0.6) is 0 Å². The van der Waals surface area contributed by atoms with Gasteiger partial charge in [0, 0.05) is 0 Å². The zero-order valence-electron chi connectivity index (χ0n) is 30.7. The van der Waals surface area contributed by atoms with Crippen LogP contribution in [0.1, 0.15) is 59.1 Å². The van der Waals surface area contributed by atoms with Crippen LogP contribution >= 0.6 is 0 Å². The van der Waals surface area contributed by atoms with Crippen LogP contribution in [0.25, 0.3) is 83.3 Å². The lowest BCUT2D eigenvalue weighted by Crippen LogP contribution is -2.32. The van der Waals surface area contributed by atoms with Crippen molar-refractivity contribution in [1.29, 1.82) is 0 Å². The van der Waals surface area contributed by atoms with Crippen molar-refractivity contribution in [3.63, 3.8) is 0 Å². The fourth-order valence-electron chi connectivity index (χ4n) is 10.6. The topological polar surface area (TPSA) is 0 Å². The fourth-order valence-corrected chi connectivity index (χ4v) is 10.6. The van der Waals surface area contributed by atoms with Crippen molar-refractivity contribution in [1.82, 2.24) is 0 Å². The Morgan fingerprint density at radius 2 is 1.05 bits per heavy atom. The monoisotopic (exact) mass is 698 g/mol. The van der Waals surface area contributed by atoms with Gasteiger partial charge in [-0.25, -0.2) is 0 Å². The number of hydrogen-bond acceptors (Lipinski definition) is 0. The molecule has 0 N–H and O–H groups in total. The number of fused-ring (bicyclic) bond motifs is 6. The van der Waals surface area contributed by atoms with Crippen LogP contribution in [-0.2, 0) is 6.42 Å². The first kappa shape index (κ1) is 30.9. The summed E-state index contributed by atoms with van der Waals surface area (Å²) in [5.41, 5.74) is 22.5. The van der Waals surface area contributed by atoms with Gasteiger partial charge in [-0.3, -0.25) is 0 Å². The smallest absolute Gasteiger partial charge is 0.00108 e. The summed E-state index contributed by atoms with van der Waals surface area (Å²) in [6.45, 7) is 0. The summed E-state index contributed by atoms with van der Waals surface area (Å²) in [5.74, 6) is 0. The average Bonchev–Trinajstić information content (AvgIpc) is 3.76. The molecule has 0 aromatic heterocycles. The second-order valence-corrected chi connectivity index (χ2v) is 15.7. The molecule has 0 heterocycles. The van der Waals surface area contributed by atoms with Crippen LogP contribution in [-0.4, -0.2) is 0 Å². The van der Waals surface area contributed by atoms with E-state index in [0.29, 0.717) is 0 Å². The quantitative estimate of drug-likeness (QED) is 0.168. The first-order chi connectivity index (χ1) is 27.3. The van der Waals surface area contributed by atoms with Crippen LogP contribution in [0.4, 0.5) is 0 Å². The van der Waals surface area contributed by atoms with Gasteiger partial charge in [-0.1, -0.05) is 170 Å². The summed E-state index contributed by atoms with van der Waals surface area (Å²) in [6, 6.07) is 59.0. The molecule has 0 bridgehead atoms. The van der Waals surface area contributed by atoms with E-state index in [1.807, 2.05) is 0 Å². The lowest BCUT2D eigenvalue weighted by Gasteiger charge is -2.21. The Morgan fingerprint density at radius 3 is 1.80 bits per heavy atom. The first-order valence-corrected chi connectivity index (χ1v) is 19.9. The van der Waals surface area contributed by atoms with Gasteiger partial charge < -0.3 is 0 Å². The van der Waals surface area contributed by atoms with E-state index in [1.165, 1.54) is 121 Å². The van der Waals surface area contributed by atoms with Gasteiger partial charge >= 0.3 is 0 Å². The van der Waals surface area contributed by atoms with E-state index < -0.39 is 0 Å². The minimum Gasteiger partial charge on any atom is -0.0757 e. The van der Waals surface area contributed by atoms with Gasteiger partial charge in [-0.05, 0) is 153 Å². The van der Waals surface area contributed by atoms with E-state index in [-0.39, 0.29) is 0 Å². The van der Waals surface area contributed by atoms with E-state index in [2.05, 4.69) is 170 Å². The molecular weight excluding hydrogens is 661 g/mol. The van der Waals surface area contributed by atoms with E-state index in [1.54, 1.807) is 0 Å². The van der Waals surface area contributed by atoms with Crippen molar-refractivity contribution < 1.29 is 0 Å². The Hall–Kier alpha value is -6.50. The highest BCUT2D eigenvalue weighted by molar-refractivity contribution is 6.20. The molecule has 0 saturated heterocycles. The van der Waals surface area contributed by atoms with Gasteiger partial charge in [-0.15, -0.1) is 0 Å². The molecule has 0 heteroatoms. The lowest BCUT2D eigenvalue weighted by atomic mass is 9.81. The molecule has 8 aromatic rings. The summed E-state index contributed by atoms with van der Waals surface area (Å²) in [4.78, 5) is 0. The zero-order chi connectivity index (χ0) is 36.0. The van der Waals surface area contributed by atoms with Gasteiger partial charge in [0.1, 0.15) is 0 Å². The lowest BCUT2D eigenvalue weighted by molar-refractivity contribution is 1.06. The molecule has 258 valence electrons. The van der Waals surface area contributed by atoms with Crippen LogP contribution in [0.3, 0.4) is 0 Å². The third-order valence-electron chi connectivity index (χ3n) is 12.8. The van der Waals surface area contributed by atoms with Gasteiger partial charge in [0.25, 0.3) is 0 Å². The molecule has 0 atom stereocenters. The molecule has 0 amide bonds. The zero-order valence-corrected chi connectivity index (χ0v) is 30.7. The molecule has 55 heavy (non-hydrogen) atoms. The second kappa shape index (κ2) is 12.0. The molecule has 4 aliphatic rings. The maximum absolute atomic E-state index is 2.56. The molecule has 0 saturated carbocycles. The predicted molar refractivity (Wildman–Crippen MR) is 233 cm³/mol. The third kappa shape index (κ3) is 4.52. The number of hydrogen-bond donors (Lipinski definition) is 0. The molecule has 0 fully saturated rings. The number of benzene rings is 8. The highest BCUT2D eigenvalue weighted by atomic mass is 14.4. The highest BCUT2D eigenvalue weighted by Gasteiger charge is 2.33. The maximum atomic E-state index is 2.56. The molecule has 0 spiro atoms. The summed E-state index contributed by atoms with van der Waals surface area (Å²) in [6.07, 6.45) is 10.3. The largest absolute Gasteiger partial charge is 0.0757 e. The summed E-state index contributed by atoms with van der Waals surface area (Å²) in [7, 11) is 0. The van der Waals surface area contributed by atoms with E-state index in [9.17, 15) is 0 Å². The van der Waals surface area contributed by atoms with Crippen molar-refractivity contribution in [2.24, 2.45) is 0 Å². The number of rotatable bonds is 5. The van der Waals surface area contributed by atoms with Crippen LogP contribution < -0.4 is 10.4 Å². The van der Waals surface area contributed by atoms with Gasteiger partial charge in [-0.2, -0.15) is 0 Å². The molecule has 0 nitrogen and oxygen atoms in total. The normalized spacial score (nSPS) is 14.8. The second-order valence-electron chi connectivity index (χ2n) is 15.7. The average molecular weight is 699 g/mol. The van der Waals surface area contributed by atoms with Gasteiger partial charge in [0.15, 0.2) is 0 Å². The fraction of sp³-hybridized carbons (Fsp3) is 0.0909. The van der Waals surface area contributed by atoms with Crippen LogP contribution in [0.15, 0.2) is 164 Å². The molecule has 8 aromatic carbocycles. The van der Waals surface area contributed by atoms with Crippen molar-refractivity contribution in [3.05, 3.63) is 208 Å². The van der Waals surface area contributed by atoms with Gasteiger partial charge in [0.2, 0.25) is 0 Å². The van der Waals surface area contributed by atoms with Crippen molar-refractivity contribution >= 4 is 49.9 Å². The van der Waals surface area contributed by atoms with Crippen molar-refractivity contribution in [2.75, 3.05) is 0 Å². The first-order valence-electron chi connectivity index (χ1n) is 19.9. The Balaban J connectivity index is 1.07. The standard InChI is InChI=1S/C55H38/c1-4-14-34(15-5-1)32-37-27-29-46-41-28-26-38(33-49(41)45-24-12-22-40(37)52(45)46)39-30-31-48-53-42(39)23-13-25-47(53)54-50(35-16-6-2-7-17-35)43-20-10-11-21-44(43)51(55(48)54)36-18-8-3-9-19-36/h1-12,14-24,27,29-31,33H,13,25-26,28,32H2. The molecule has 0 unspecified atom stereocenters. The molecular formula is C55H38. The van der Waals surface area contributed by atoms with E-state index >= 15 is 0 Å².